The summed E-state index contributed by atoms with van der Waals surface area (Å²) in [6.07, 6.45) is 3.02. The van der Waals surface area contributed by atoms with E-state index in [1.54, 1.807) is 7.05 Å². The maximum atomic E-state index is 11.7. The molecule has 0 unspecified atom stereocenters. The molecule has 0 heterocycles. The van der Waals surface area contributed by atoms with Crippen LogP contribution in [0.1, 0.15) is 30.9 Å². The summed E-state index contributed by atoms with van der Waals surface area (Å²) in [6.45, 7) is 4.24. The number of ether oxygens (including phenoxy) is 2. The number of nitrogens with zero attached hydrogens (tertiary/aromatic N) is 2. The molecule has 180 valence electrons. The van der Waals surface area contributed by atoms with E-state index in [2.05, 4.69) is 32.7 Å². The Kier molecular flexibility index (Phi) is 11.3. The molecule has 0 saturated heterocycles. The van der Waals surface area contributed by atoms with Gasteiger partial charge in [-0.2, -0.15) is 0 Å². The van der Waals surface area contributed by atoms with Gasteiger partial charge in [0.25, 0.3) is 5.91 Å². The SMILES string of the molecule is CCOc1ccc(CN(C)C(=NC)NCCc2ccc(OCC(=O)NC3CC3)cc2)cc1.I. The number of rotatable bonds is 11. The Labute approximate surface area is 214 Å². The second-order valence-corrected chi connectivity index (χ2v) is 7.93. The number of halogens is 1. The van der Waals surface area contributed by atoms with E-state index in [4.69, 9.17) is 9.47 Å². The summed E-state index contributed by atoms with van der Waals surface area (Å²) in [5.41, 5.74) is 2.39. The highest BCUT2D eigenvalue weighted by Crippen LogP contribution is 2.18. The first-order chi connectivity index (χ1) is 15.6. The smallest absolute Gasteiger partial charge is 0.258 e. The molecule has 1 fully saturated rings. The normalized spacial score (nSPS) is 13.0. The van der Waals surface area contributed by atoms with Gasteiger partial charge in [0.1, 0.15) is 11.5 Å². The number of nitrogens with one attached hydrogen (secondary N) is 2. The van der Waals surface area contributed by atoms with Crippen LogP contribution in [0.4, 0.5) is 0 Å². The van der Waals surface area contributed by atoms with Crippen molar-refractivity contribution in [2.24, 2.45) is 4.99 Å². The second-order valence-electron chi connectivity index (χ2n) is 7.93. The Bertz CT molecular complexity index is 884. The molecule has 0 bridgehead atoms. The lowest BCUT2D eigenvalue weighted by atomic mass is 10.1. The molecule has 33 heavy (non-hydrogen) atoms. The Hall–Kier alpha value is -2.49. The van der Waals surface area contributed by atoms with Crippen molar-refractivity contribution < 1.29 is 14.3 Å². The number of benzene rings is 2. The van der Waals surface area contributed by atoms with Gasteiger partial charge in [-0.15, -0.1) is 24.0 Å². The number of carbonyl (C=O) groups excluding carboxylic acids is 1. The van der Waals surface area contributed by atoms with Crippen LogP contribution in [0.5, 0.6) is 11.5 Å². The van der Waals surface area contributed by atoms with Crippen molar-refractivity contribution in [3.05, 3.63) is 59.7 Å². The van der Waals surface area contributed by atoms with Crippen LogP contribution < -0.4 is 20.1 Å². The summed E-state index contributed by atoms with van der Waals surface area (Å²) in [5, 5.41) is 6.33. The Morgan fingerprint density at radius 2 is 1.64 bits per heavy atom. The van der Waals surface area contributed by atoms with E-state index in [1.807, 2.05) is 50.4 Å². The molecule has 1 aliphatic rings. The highest BCUT2D eigenvalue weighted by molar-refractivity contribution is 14.0. The molecule has 1 amide bonds. The van der Waals surface area contributed by atoms with Gasteiger partial charge in [-0.3, -0.25) is 9.79 Å². The van der Waals surface area contributed by atoms with Crippen LogP contribution in [0.2, 0.25) is 0 Å². The van der Waals surface area contributed by atoms with E-state index in [9.17, 15) is 4.79 Å². The minimum Gasteiger partial charge on any atom is -0.494 e. The Morgan fingerprint density at radius 3 is 2.21 bits per heavy atom. The topological polar surface area (TPSA) is 75.2 Å². The van der Waals surface area contributed by atoms with Crippen LogP contribution in [-0.4, -0.2) is 56.7 Å². The monoisotopic (exact) mass is 566 g/mol. The molecule has 1 saturated carbocycles. The van der Waals surface area contributed by atoms with E-state index in [-0.39, 0.29) is 36.5 Å². The van der Waals surface area contributed by atoms with Crippen molar-refractivity contribution in [2.75, 3.05) is 33.9 Å². The van der Waals surface area contributed by atoms with E-state index in [1.165, 1.54) is 11.1 Å². The van der Waals surface area contributed by atoms with Crippen molar-refractivity contribution in [3.63, 3.8) is 0 Å². The van der Waals surface area contributed by atoms with Crippen molar-refractivity contribution in [1.82, 2.24) is 15.5 Å². The minimum absolute atomic E-state index is 0. The van der Waals surface area contributed by atoms with Crippen LogP contribution in [0.25, 0.3) is 0 Å². The lowest BCUT2D eigenvalue weighted by Gasteiger charge is -2.22. The fourth-order valence-electron chi connectivity index (χ4n) is 3.31. The minimum atomic E-state index is -0.0542. The van der Waals surface area contributed by atoms with Crippen molar-refractivity contribution >= 4 is 35.8 Å². The zero-order valence-corrected chi connectivity index (χ0v) is 22.0. The number of guanidine groups is 1. The molecular weight excluding hydrogens is 531 g/mol. The standard InChI is InChI=1S/C25H34N4O3.HI/c1-4-31-22-13-7-20(8-14-22)17-29(3)25(26-2)27-16-15-19-5-11-23(12-6-19)32-18-24(30)28-21-9-10-21;/h5-8,11-14,21H,4,9-10,15-18H2,1-3H3,(H,26,27)(H,28,30);1H. The molecule has 8 heteroatoms. The number of hydrogen-bond donors (Lipinski definition) is 2. The lowest BCUT2D eigenvalue weighted by Crippen LogP contribution is -2.39. The fourth-order valence-corrected chi connectivity index (χ4v) is 3.31. The fraction of sp³-hybridized carbons (Fsp3) is 0.440. The summed E-state index contributed by atoms with van der Waals surface area (Å²) in [4.78, 5) is 18.2. The molecule has 3 rings (SSSR count). The van der Waals surface area contributed by atoms with Gasteiger partial charge in [0, 0.05) is 33.2 Å². The molecule has 0 atom stereocenters. The van der Waals surface area contributed by atoms with E-state index >= 15 is 0 Å². The lowest BCUT2D eigenvalue weighted by molar-refractivity contribution is -0.123. The highest BCUT2D eigenvalue weighted by Gasteiger charge is 2.23. The van der Waals surface area contributed by atoms with Crippen LogP contribution in [0.3, 0.4) is 0 Å². The first-order valence-corrected chi connectivity index (χ1v) is 11.2. The molecule has 2 aromatic rings. The number of hydrogen-bond acceptors (Lipinski definition) is 4. The third kappa shape index (κ3) is 9.49. The third-order valence-electron chi connectivity index (χ3n) is 5.16. The van der Waals surface area contributed by atoms with Gasteiger partial charge in [0.05, 0.1) is 6.61 Å². The van der Waals surface area contributed by atoms with Gasteiger partial charge in [0.15, 0.2) is 12.6 Å². The number of aliphatic imine (C=N–C) groups is 1. The zero-order chi connectivity index (χ0) is 22.8. The van der Waals surface area contributed by atoms with Gasteiger partial charge in [-0.25, -0.2) is 0 Å². The third-order valence-corrected chi connectivity index (χ3v) is 5.16. The van der Waals surface area contributed by atoms with E-state index in [0.717, 1.165) is 44.1 Å². The molecular formula is C25H35IN4O3. The quantitative estimate of drug-likeness (QED) is 0.247. The molecule has 0 radical (unpaired) electrons. The number of amides is 1. The van der Waals surface area contributed by atoms with Crippen LogP contribution in [0.15, 0.2) is 53.5 Å². The summed E-state index contributed by atoms with van der Waals surface area (Å²) in [7, 11) is 3.82. The molecule has 0 spiro atoms. The second kappa shape index (κ2) is 13.9. The summed E-state index contributed by atoms with van der Waals surface area (Å²) >= 11 is 0. The molecule has 1 aliphatic carbocycles. The molecule has 2 aromatic carbocycles. The van der Waals surface area contributed by atoms with Crippen LogP contribution in [0, 0.1) is 0 Å². The van der Waals surface area contributed by atoms with Gasteiger partial charge in [-0.05, 0) is 61.6 Å². The average molecular weight is 566 g/mol. The number of carbonyl (C=O) groups is 1. The first-order valence-electron chi connectivity index (χ1n) is 11.2. The summed E-state index contributed by atoms with van der Waals surface area (Å²) < 4.78 is 11.1. The van der Waals surface area contributed by atoms with Gasteiger partial charge in [-0.1, -0.05) is 24.3 Å². The largest absolute Gasteiger partial charge is 0.494 e. The molecule has 0 aromatic heterocycles. The summed E-state index contributed by atoms with van der Waals surface area (Å²) in [6, 6.07) is 16.4. The average Bonchev–Trinajstić information content (AvgIpc) is 3.61. The molecule has 7 nitrogen and oxygen atoms in total. The maximum Gasteiger partial charge on any atom is 0.258 e. The van der Waals surface area contributed by atoms with Gasteiger partial charge < -0.3 is 25.0 Å². The molecule has 0 aliphatic heterocycles. The van der Waals surface area contributed by atoms with Crippen LogP contribution >= 0.6 is 24.0 Å². The Balaban J connectivity index is 0.00000385. The van der Waals surface area contributed by atoms with Crippen molar-refractivity contribution in [1.29, 1.82) is 0 Å². The highest BCUT2D eigenvalue weighted by atomic mass is 127. The first kappa shape index (κ1) is 26.8. The van der Waals surface area contributed by atoms with Crippen molar-refractivity contribution in [2.45, 2.75) is 38.8 Å². The van der Waals surface area contributed by atoms with Gasteiger partial charge >= 0.3 is 0 Å². The zero-order valence-electron chi connectivity index (χ0n) is 19.7. The Morgan fingerprint density at radius 1 is 1.03 bits per heavy atom. The molecule has 2 N–H and O–H groups in total. The maximum absolute atomic E-state index is 11.7. The predicted octanol–water partition coefficient (Wildman–Crippen LogP) is 3.61. The summed E-state index contributed by atoms with van der Waals surface area (Å²) in [5.74, 6) is 2.39. The van der Waals surface area contributed by atoms with E-state index in [0.29, 0.717) is 18.4 Å². The van der Waals surface area contributed by atoms with Crippen molar-refractivity contribution in [3.8, 4) is 11.5 Å². The predicted molar refractivity (Wildman–Crippen MR) is 143 cm³/mol. The van der Waals surface area contributed by atoms with Gasteiger partial charge in [0.2, 0.25) is 0 Å². The van der Waals surface area contributed by atoms with Crippen LogP contribution in [-0.2, 0) is 17.8 Å². The van der Waals surface area contributed by atoms with E-state index < -0.39 is 0 Å².